The summed E-state index contributed by atoms with van der Waals surface area (Å²) in [6.45, 7) is 6.11. The first-order valence-corrected chi connectivity index (χ1v) is 4.61. The second-order valence-electron chi connectivity index (χ2n) is 3.41. The Hall–Kier alpha value is -2.35. The first-order chi connectivity index (χ1) is 7.54. The number of nitro groups is 1. The lowest BCUT2D eigenvalue weighted by atomic mass is 10.1. The number of anilines is 1. The molecule has 5 nitrogen and oxygen atoms in total. The molecule has 1 aromatic rings. The van der Waals surface area contributed by atoms with Crippen LogP contribution < -0.4 is 5.32 Å². The van der Waals surface area contributed by atoms with Crippen molar-refractivity contribution in [3.05, 3.63) is 46.0 Å². The molecule has 0 spiro atoms. The topological polar surface area (TPSA) is 79.0 Å². The minimum Gasteiger partial charge on any atom is -0.381 e. The molecule has 0 fully saturated rings. The van der Waals surface area contributed by atoms with Gasteiger partial charge in [0.2, 0.25) is 0 Å². The Morgan fingerprint density at radius 1 is 1.69 bits per heavy atom. The fourth-order valence-electron chi connectivity index (χ4n) is 1.14. The lowest BCUT2D eigenvalue weighted by Crippen LogP contribution is -2.02. The Kier molecular flexibility index (Phi) is 3.62. The maximum atomic E-state index is 10.7. The highest BCUT2D eigenvalue weighted by Crippen LogP contribution is 2.22. The van der Waals surface area contributed by atoms with Gasteiger partial charge in [-0.15, -0.1) is 0 Å². The zero-order chi connectivity index (χ0) is 12.1. The van der Waals surface area contributed by atoms with E-state index in [9.17, 15) is 10.1 Å². The molecule has 0 radical (unpaired) electrons. The van der Waals surface area contributed by atoms with Crippen LogP contribution in [-0.4, -0.2) is 11.5 Å². The van der Waals surface area contributed by atoms with E-state index >= 15 is 0 Å². The van der Waals surface area contributed by atoms with Crippen molar-refractivity contribution < 1.29 is 4.92 Å². The van der Waals surface area contributed by atoms with Crippen molar-refractivity contribution in [2.24, 2.45) is 0 Å². The zero-order valence-electron chi connectivity index (χ0n) is 8.86. The Bertz CT molecular complexity index is 475. The van der Waals surface area contributed by atoms with Gasteiger partial charge in [0.05, 0.1) is 4.92 Å². The van der Waals surface area contributed by atoms with Crippen LogP contribution in [0.2, 0.25) is 0 Å². The smallest absolute Gasteiger partial charge is 0.289 e. The number of nitriles is 1. The van der Waals surface area contributed by atoms with E-state index in [1.165, 1.54) is 12.1 Å². The number of rotatable bonds is 4. The highest BCUT2D eigenvalue weighted by atomic mass is 16.6. The summed E-state index contributed by atoms with van der Waals surface area (Å²) in [4.78, 5) is 10.1. The minimum atomic E-state index is -0.565. The van der Waals surface area contributed by atoms with E-state index in [0.717, 1.165) is 5.57 Å². The van der Waals surface area contributed by atoms with Crippen LogP contribution in [0.15, 0.2) is 30.4 Å². The van der Waals surface area contributed by atoms with E-state index in [-0.39, 0.29) is 11.3 Å². The molecule has 5 heteroatoms. The molecule has 82 valence electrons. The molecule has 0 aliphatic carbocycles. The number of hydrogen-bond donors (Lipinski definition) is 1. The SMILES string of the molecule is C=C(C)CNc1ccc(C#N)c([N+](=O)[O-])c1. The third-order valence-electron chi connectivity index (χ3n) is 1.91. The van der Waals surface area contributed by atoms with Crippen LogP contribution in [0.25, 0.3) is 0 Å². The second kappa shape index (κ2) is 4.94. The van der Waals surface area contributed by atoms with Gasteiger partial charge in [-0.25, -0.2) is 0 Å². The van der Waals surface area contributed by atoms with Crippen molar-refractivity contribution in [2.75, 3.05) is 11.9 Å². The molecule has 1 rings (SSSR count). The normalized spacial score (nSPS) is 9.25. The molecule has 0 saturated heterocycles. The molecule has 0 aliphatic heterocycles. The van der Waals surface area contributed by atoms with Gasteiger partial charge in [-0.3, -0.25) is 10.1 Å². The molecule has 0 bridgehead atoms. The van der Waals surface area contributed by atoms with E-state index in [4.69, 9.17) is 5.26 Å². The summed E-state index contributed by atoms with van der Waals surface area (Å²) in [6, 6.07) is 6.19. The van der Waals surface area contributed by atoms with Gasteiger partial charge in [-0.05, 0) is 19.1 Å². The maximum Gasteiger partial charge on any atom is 0.289 e. The molecule has 1 aromatic carbocycles. The molecule has 0 atom stereocenters. The molecule has 0 aliphatic rings. The Morgan fingerprint density at radius 2 is 2.38 bits per heavy atom. The summed E-state index contributed by atoms with van der Waals surface area (Å²) in [6.07, 6.45) is 0. The minimum absolute atomic E-state index is 0.0610. The van der Waals surface area contributed by atoms with E-state index in [1.54, 1.807) is 12.1 Å². The van der Waals surface area contributed by atoms with Gasteiger partial charge >= 0.3 is 0 Å². The first kappa shape index (κ1) is 11.7. The number of benzene rings is 1. The van der Waals surface area contributed by atoms with Crippen LogP contribution in [0.1, 0.15) is 12.5 Å². The van der Waals surface area contributed by atoms with E-state index in [1.807, 2.05) is 6.92 Å². The van der Waals surface area contributed by atoms with Crippen LogP contribution in [0.3, 0.4) is 0 Å². The summed E-state index contributed by atoms with van der Waals surface area (Å²) >= 11 is 0. The average molecular weight is 217 g/mol. The summed E-state index contributed by atoms with van der Waals surface area (Å²) in [5.41, 5.74) is 1.40. The molecule has 1 N–H and O–H groups in total. The molecule has 0 saturated carbocycles. The fraction of sp³-hybridized carbons (Fsp3) is 0.182. The predicted molar refractivity (Wildman–Crippen MR) is 61.1 cm³/mol. The highest BCUT2D eigenvalue weighted by molar-refractivity contribution is 5.59. The molecule has 0 aromatic heterocycles. The van der Waals surface area contributed by atoms with Crippen molar-refractivity contribution in [3.8, 4) is 6.07 Å². The standard InChI is InChI=1S/C11H11N3O2/c1-8(2)7-13-10-4-3-9(6-12)11(5-10)14(15)16/h3-5,13H,1,7H2,2H3. The van der Waals surface area contributed by atoms with Gasteiger partial charge in [0.25, 0.3) is 5.69 Å². The quantitative estimate of drug-likeness (QED) is 0.477. The Labute approximate surface area is 93.2 Å². The molecular formula is C11H11N3O2. The van der Waals surface area contributed by atoms with Gasteiger partial charge in [0.1, 0.15) is 11.6 Å². The van der Waals surface area contributed by atoms with Crippen LogP contribution in [0, 0.1) is 21.4 Å². The van der Waals surface area contributed by atoms with Gasteiger partial charge in [0, 0.05) is 18.3 Å². The second-order valence-corrected chi connectivity index (χ2v) is 3.41. The monoisotopic (exact) mass is 217 g/mol. The van der Waals surface area contributed by atoms with Gasteiger partial charge in [-0.1, -0.05) is 12.2 Å². The zero-order valence-corrected chi connectivity index (χ0v) is 8.86. The van der Waals surface area contributed by atoms with E-state index < -0.39 is 4.92 Å². The number of nitrogens with one attached hydrogen (secondary N) is 1. The van der Waals surface area contributed by atoms with Gasteiger partial charge < -0.3 is 5.32 Å². The lowest BCUT2D eigenvalue weighted by molar-refractivity contribution is -0.385. The van der Waals surface area contributed by atoms with Crippen LogP contribution in [0.5, 0.6) is 0 Å². The molecule has 0 heterocycles. The van der Waals surface area contributed by atoms with Crippen LogP contribution in [0.4, 0.5) is 11.4 Å². The Morgan fingerprint density at radius 3 is 2.88 bits per heavy atom. The van der Waals surface area contributed by atoms with Crippen molar-refractivity contribution in [3.63, 3.8) is 0 Å². The number of nitrogens with zero attached hydrogens (tertiary/aromatic N) is 2. The van der Waals surface area contributed by atoms with Crippen molar-refractivity contribution in [2.45, 2.75) is 6.92 Å². The Balaban J connectivity index is 2.99. The van der Waals surface area contributed by atoms with Crippen molar-refractivity contribution >= 4 is 11.4 Å². The summed E-state index contributed by atoms with van der Waals surface area (Å²) in [5.74, 6) is 0. The molecular weight excluding hydrogens is 206 g/mol. The average Bonchev–Trinajstić information content (AvgIpc) is 2.25. The van der Waals surface area contributed by atoms with E-state index in [2.05, 4.69) is 11.9 Å². The molecule has 0 amide bonds. The number of nitro benzene ring substituents is 1. The summed E-state index contributed by atoms with van der Waals surface area (Å²) < 4.78 is 0. The summed E-state index contributed by atoms with van der Waals surface area (Å²) in [5, 5.41) is 22.3. The van der Waals surface area contributed by atoms with Crippen LogP contribution in [-0.2, 0) is 0 Å². The predicted octanol–water partition coefficient (Wildman–Crippen LogP) is 2.45. The first-order valence-electron chi connectivity index (χ1n) is 4.61. The lowest BCUT2D eigenvalue weighted by Gasteiger charge is -2.05. The van der Waals surface area contributed by atoms with Gasteiger partial charge in [-0.2, -0.15) is 5.26 Å². The van der Waals surface area contributed by atoms with Crippen LogP contribution >= 0.6 is 0 Å². The third kappa shape index (κ3) is 2.82. The van der Waals surface area contributed by atoms with E-state index in [0.29, 0.717) is 12.2 Å². The fourth-order valence-corrected chi connectivity index (χ4v) is 1.14. The van der Waals surface area contributed by atoms with Crippen molar-refractivity contribution in [1.29, 1.82) is 5.26 Å². The highest BCUT2D eigenvalue weighted by Gasteiger charge is 2.13. The maximum absolute atomic E-state index is 10.7. The van der Waals surface area contributed by atoms with Gasteiger partial charge in [0.15, 0.2) is 0 Å². The van der Waals surface area contributed by atoms with Crippen molar-refractivity contribution in [1.82, 2.24) is 0 Å². The number of hydrogen-bond acceptors (Lipinski definition) is 4. The third-order valence-corrected chi connectivity index (χ3v) is 1.91. The largest absolute Gasteiger partial charge is 0.381 e. The molecule has 16 heavy (non-hydrogen) atoms. The molecule has 0 unspecified atom stereocenters. The summed E-state index contributed by atoms with van der Waals surface area (Å²) in [7, 11) is 0.